The van der Waals surface area contributed by atoms with Crippen LogP contribution in [0.2, 0.25) is 0 Å². The zero-order valence-electron chi connectivity index (χ0n) is 12.9. The van der Waals surface area contributed by atoms with E-state index in [-0.39, 0.29) is 11.4 Å². The topological polar surface area (TPSA) is 81.5 Å². The monoisotopic (exact) mass is 402 g/mol. The highest BCUT2D eigenvalue weighted by Gasteiger charge is 2.36. The molecule has 0 aliphatic rings. The molecule has 2 rings (SSSR count). The maximum atomic E-state index is 12.4. The van der Waals surface area contributed by atoms with Crippen molar-refractivity contribution in [3.8, 4) is 5.75 Å². The average Bonchev–Trinajstić information content (AvgIpc) is 2.54. The lowest BCUT2D eigenvalue weighted by Crippen LogP contribution is -2.48. The first-order chi connectivity index (χ1) is 11.7. The van der Waals surface area contributed by atoms with Crippen molar-refractivity contribution in [2.45, 2.75) is 16.9 Å². The fraction of sp³-hybridized carbons (Fsp3) is 0.188. The maximum Gasteiger partial charge on any atom is 0.273 e. The molecule has 0 saturated carbocycles. The molecule has 9 heteroatoms. The van der Waals surface area contributed by atoms with Crippen molar-refractivity contribution in [3.05, 3.63) is 69.8 Å². The highest BCUT2D eigenvalue weighted by molar-refractivity contribution is 6.68. The van der Waals surface area contributed by atoms with E-state index < -0.39 is 20.9 Å². The van der Waals surface area contributed by atoms with E-state index in [4.69, 9.17) is 39.5 Å². The quantitative estimate of drug-likeness (QED) is 0.347. The summed E-state index contributed by atoms with van der Waals surface area (Å²) in [6.45, 7) is 1.76. The molecule has 0 heterocycles. The van der Waals surface area contributed by atoms with E-state index in [1.807, 2.05) is 0 Å². The molecule has 0 aliphatic carbocycles. The lowest BCUT2D eigenvalue weighted by Gasteiger charge is -2.26. The molecule has 1 amide bonds. The number of rotatable bonds is 5. The molecular formula is C16H13Cl3N2O4. The van der Waals surface area contributed by atoms with Crippen molar-refractivity contribution in [1.82, 2.24) is 5.32 Å². The summed E-state index contributed by atoms with van der Waals surface area (Å²) in [5.41, 5.74) is 0.939. The van der Waals surface area contributed by atoms with Crippen LogP contribution in [0.3, 0.4) is 0 Å². The average molecular weight is 404 g/mol. The number of aryl methyl sites for hydroxylation is 1. The Morgan fingerprint density at radius 2 is 1.88 bits per heavy atom. The molecule has 132 valence electrons. The van der Waals surface area contributed by atoms with Crippen molar-refractivity contribution >= 4 is 46.4 Å². The summed E-state index contributed by atoms with van der Waals surface area (Å²) in [6, 6.07) is 12.2. The summed E-state index contributed by atoms with van der Waals surface area (Å²) in [5, 5.41) is 13.3. The smallest absolute Gasteiger partial charge is 0.273 e. The Morgan fingerprint density at radius 3 is 2.48 bits per heavy atom. The van der Waals surface area contributed by atoms with Gasteiger partial charge >= 0.3 is 0 Å². The number of amides is 1. The molecule has 2 aromatic rings. The van der Waals surface area contributed by atoms with Gasteiger partial charge in [-0.15, -0.1) is 0 Å². The lowest BCUT2D eigenvalue weighted by atomic mass is 10.1. The summed E-state index contributed by atoms with van der Waals surface area (Å²) >= 11 is 17.6. The van der Waals surface area contributed by atoms with Gasteiger partial charge in [-0.2, -0.15) is 0 Å². The molecule has 1 unspecified atom stereocenters. The van der Waals surface area contributed by atoms with E-state index in [1.54, 1.807) is 31.2 Å². The van der Waals surface area contributed by atoms with Crippen molar-refractivity contribution in [1.29, 1.82) is 0 Å². The third-order valence-electron chi connectivity index (χ3n) is 3.23. The number of nitrogens with one attached hydrogen (secondary N) is 1. The van der Waals surface area contributed by atoms with Crippen LogP contribution in [0.4, 0.5) is 5.69 Å². The maximum absolute atomic E-state index is 12.4. The molecule has 0 fully saturated rings. The highest BCUT2D eigenvalue weighted by atomic mass is 35.6. The number of nitro groups is 1. The van der Waals surface area contributed by atoms with Crippen LogP contribution >= 0.6 is 34.8 Å². The Hall–Kier alpha value is -2.02. The summed E-state index contributed by atoms with van der Waals surface area (Å²) in [5.74, 6) is -0.421. The number of hydrogen-bond acceptors (Lipinski definition) is 4. The fourth-order valence-electron chi connectivity index (χ4n) is 2.01. The van der Waals surface area contributed by atoms with Crippen molar-refractivity contribution in [2.75, 3.05) is 0 Å². The summed E-state index contributed by atoms with van der Waals surface area (Å²) in [6.07, 6.45) is -1.35. The van der Waals surface area contributed by atoms with Crippen LogP contribution < -0.4 is 10.1 Å². The third-order valence-corrected chi connectivity index (χ3v) is 3.83. The number of halogens is 3. The zero-order valence-corrected chi connectivity index (χ0v) is 15.2. The number of carbonyl (C=O) groups is 1. The van der Waals surface area contributed by atoms with Gasteiger partial charge in [-0.1, -0.05) is 59.1 Å². The molecule has 25 heavy (non-hydrogen) atoms. The number of alkyl halides is 3. The second-order valence-corrected chi connectivity index (χ2v) is 7.45. The van der Waals surface area contributed by atoms with E-state index in [0.29, 0.717) is 5.56 Å². The second-order valence-electron chi connectivity index (χ2n) is 5.08. The zero-order chi connectivity index (χ0) is 18.6. The summed E-state index contributed by atoms with van der Waals surface area (Å²) in [7, 11) is 0. The van der Waals surface area contributed by atoms with Gasteiger partial charge in [-0.25, -0.2) is 0 Å². The largest absolute Gasteiger partial charge is 0.466 e. The molecule has 0 bridgehead atoms. The predicted octanol–water partition coefficient (Wildman–Crippen LogP) is 4.41. The molecule has 0 aromatic heterocycles. The SMILES string of the molecule is Cc1ccccc1C(=O)NC(Oc1cccc([N+](=O)[O-])c1)C(Cl)(Cl)Cl. The summed E-state index contributed by atoms with van der Waals surface area (Å²) < 4.78 is 3.47. The van der Waals surface area contributed by atoms with Gasteiger partial charge in [0.15, 0.2) is 0 Å². The first-order valence-corrected chi connectivity index (χ1v) is 8.16. The minimum absolute atomic E-state index is 0.0793. The van der Waals surface area contributed by atoms with E-state index >= 15 is 0 Å². The number of hydrogen-bond donors (Lipinski definition) is 1. The Morgan fingerprint density at radius 1 is 1.20 bits per heavy atom. The molecule has 1 atom stereocenters. The third kappa shape index (κ3) is 5.22. The molecule has 1 N–H and O–H groups in total. The Kier molecular flexibility index (Phi) is 6.11. The van der Waals surface area contributed by atoms with Crippen molar-refractivity contribution < 1.29 is 14.5 Å². The molecule has 2 aromatic carbocycles. The summed E-state index contributed by atoms with van der Waals surface area (Å²) in [4.78, 5) is 22.7. The van der Waals surface area contributed by atoms with Gasteiger partial charge in [0.1, 0.15) is 5.75 Å². The number of carbonyl (C=O) groups excluding carboxylic acids is 1. The first-order valence-electron chi connectivity index (χ1n) is 7.03. The van der Waals surface area contributed by atoms with Crippen LogP contribution in [0.25, 0.3) is 0 Å². The van der Waals surface area contributed by atoms with E-state index in [0.717, 1.165) is 5.56 Å². The van der Waals surface area contributed by atoms with Crippen LogP contribution in [0.15, 0.2) is 48.5 Å². The van der Waals surface area contributed by atoms with Gasteiger partial charge in [-0.05, 0) is 24.6 Å². The second kappa shape index (κ2) is 7.91. The Bertz CT molecular complexity index is 793. The predicted molar refractivity (Wildman–Crippen MR) is 96.4 cm³/mol. The number of nitrogens with zero attached hydrogens (tertiary/aromatic N) is 1. The molecular weight excluding hydrogens is 391 g/mol. The standard InChI is InChI=1S/C16H13Cl3N2O4/c1-10-5-2-3-8-13(10)14(22)20-15(16(17,18)19)25-12-7-4-6-11(9-12)21(23)24/h2-9,15H,1H3,(H,20,22). The van der Waals surface area contributed by atoms with Crippen LogP contribution in [0, 0.1) is 17.0 Å². The van der Waals surface area contributed by atoms with E-state index in [1.165, 1.54) is 24.3 Å². The van der Waals surface area contributed by atoms with Gasteiger partial charge < -0.3 is 10.1 Å². The van der Waals surface area contributed by atoms with E-state index in [9.17, 15) is 14.9 Å². The highest BCUT2D eigenvalue weighted by Crippen LogP contribution is 2.33. The molecule has 6 nitrogen and oxygen atoms in total. The molecule has 0 radical (unpaired) electrons. The number of benzene rings is 2. The van der Waals surface area contributed by atoms with Crippen molar-refractivity contribution in [2.24, 2.45) is 0 Å². The van der Waals surface area contributed by atoms with Crippen LogP contribution in [0.1, 0.15) is 15.9 Å². The molecule has 0 spiro atoms. The van der Waals surface area contributed by atoms with Gasteiger partial charge in [0, 0.05) is 11.6 Å². The number of nitro benzene ring substituents is 1. The molecule has 0 aliphatic heterocycles. The van der Waals surface area contributed by atoms with Gasteiger partial charge in [-0.3, -0.25) is 14.9 Å². The van der Waals surface area contributed by atoms with Gasteiger partial charge in [0.2, 0.25) is 10.0 Å². The van der Waals surface area contributed by atoms with Crippen LogP contribution in [-0.4, -0.2) is 20.9 Å². The van der Waals surface area contributed by atoms with Gasteiger partial charge in [0.05, 0.1) is 11.0 Å². The Labute approximate surface area is 158 Å². The van der Waals surface area contributed by atoms with Crippen LogP contribution in [-0.2, 0) is 0 Å². The molecule has 0 saturated heterocycles. The Balaban J connectivity index is 2.23. The van der Waals surface area contributed by atoms with Gasteiger partial charge in [0.25, 0.3) is 11.6 Å². The lowest BCUT2D eigenvalue weighted by molar-refractivity contribution is -0.384. The minimum atomic E-state index is -2.00. The number of ether oxygens (including phenoxy) is 1. The number of non-ortho nitro benzene ring substituents is 1. The van der Waals surface area contributed by atoms with E-state index in [2.05, 4.69) is 5.32 Å². The van der Waals surface area contributed by atoms with Crippen LogP contribution in [0.5, 0.6) is 5.75 Å². The minimum Gasteiger partial charge on any atom is -0.466 e. The first kappa shape index (κ1) is 19.3. The normalized spacial score (nSPS) is 12.3. The van der Waals surface area contributed by atoms with Crippen molar-refractivity contribution in [3.63, 3.8) is 0 Å². The fourth-order valence-corrected chi connectivity index (χ4v) is 2.31.